The van der Waals surface area contributed by atoms with Gasteiger partial charge in [0.15, 0.2) is 0 Å². The predicted octanol–water partition coefficient (Wildman–Crippen LogP) is 2.79. The van der Waals surface area contributed by atoms with Crippen molar-refractivity contribution in [2.45, 2.75) is 0 Å². The third kappa shape index (κ3) is 3.02. The first-order valence-electron chi connectivity index (χ1n) is 4.74. The molecule has 0 bridgehead atoms. The van der Waals surface area contributed by atoms with Gasteiger partial charge in [0.1, 0.15) is 14.1 Å². The second-order valence-electron chi connectivity index (χ2n) is 3.63. The molecule has 1 heterocycles. The first-order valence-corrected chi connectivity index (χ1v) is 8.60. The molecule has 2 nitrogen and oxygen atoms in total. The van der Waals surface area contributed by atoms with Gasteiger partial charge in [-0.3, -0.25) is 0 Å². The molecule has 0 radical (unpaired) electrons. The van der Waals surface area contributed by atoms with Gasteiger partial charge in [0.25, 0.3) is 0 Å². The van der Waals surface area contributed by atoms with E-state index in [9.17, 15) is 5.11 Å². The number of halogens is 2. The zero-order chi connectivity index (χ0) is 12.6. The van der Waals surface area contributed by atoms with Crippen LogP contribution in [0.15, 0.2) is 17.5 Å². The summed E-state index contributed by atoms with van der Waals surface area (Å²) in [7, 11) is 4.03. The van der Waals surface area contributed by atoms with Gasteiger partial charge in [-0.1, -0.05) is 28.4 Å². The van der Waals surface area contributed by atoms with Crippen LogP contribution >= 0.6 is 67.9 Å². The van der Waals surface area contributed by atoms with Crippen LogP contribution in [0.1, 0.15) is 0 Å². The standard InChI is InChI=1S/C11H9I2NOS2/c1-14(2)11-16-5-9(17-11)7-3-6(12)4-8(13)10(7)15/h3-5H,1-2H3. The first kappa shape index (κ1) is 13.8. The first-order chi connectivity index (χ1) is 7.99. The highest BCUT2D eigenvalue weighted by Gasteiger charge is 2.08. The summed E-state index contributed by atoms with van der Waals surface area (Å²) in [6.45, 7) is 0. The van der Waals surface area contributed by atoms with Crippen molar-refractivity contribution in [1.29, 1.82) is 0 Å². The van der Waals surface area contributed by atoms with Crippen molar-refractivity contribution in [1.82, 2.24) is 4.58 Å². The molecule has 90 valence electrons. The van der Waals surface area contributed by atoms with Crippen LogP contribution in [-0.4, -0.2) is 14.1 Å². The number of rotatable bonds is 1. The molecule has 0 aliphatic heterocycles. The number of nitrogens with zero attached hydrogens (tertiary/aromatic N) is 1. The maximum Gasteiger partial charge on any atom is 0.313 e. The van der Waals surface area contributed by atoms with Crippen LogP contribution in [0.2, 0.25) is 0 Å². The highest BCUT2D eigenvalue weighted by Crippen LogP contribution is 2.34. The molecule has 17 heavy (non-hydrogen) atoms. The SMILES string of the molecule is C[N+](C)=c1scc(-c2cc(I)cc(I)c2[O-])s1. The molecule has 0 saturated carbocycles. The van der Waals surface area contributed by atoms with Crippen molar-refractivity contribution in [3.8, 4) is 16.2 Å². The number of hydrogen-bond donors (Lipinski definition) is 0. The Hall–Kier alpha value is 0.330. The summed E-state index contributed by atoms with van der Waals surface area (Å²) in [6.07, 6.45) is 0. The van der Waals surface area contributed by atoms with Crippen LogP contribution in [-0.2, 0) is 0 Å². The summed E-state index contributed by atoms with van der Waals surface area (Å²) in [6, 6.07) is 3.87. The van der Waals surface area contributed by atoms with E-state index in [2.05, 4.69) is 55.1 Å². The molecule has 0 aliphatic carbocycles. The lowest BCUT2D eigenvalue weighted by Gasteiger charge is -2.14. The Morgan fingerprint density at radius 3 is 2.53 bits per heavy atom. The monoisotopic (exact) mass is 489 g/mol. The quantitative estimate of drug-likeness (QED) is 0.448. The van der Waals surface area contributed by atoms with Crippen LogP contribution < -0.4 is 13.7 Å². The third-order valence-corrected chi connectivity index (χ3v) is 6.23. The molecule has 0 fully saturated rings. The average molecular weight is 489 g/mol. The fourth-order valence-electron chi connectivity index (χ4n) is 1.30. The zero-order valence-corrected chi connectivity index (χ0v) is 15.1. The minimum Gasteiger partial charge on any atom is -0.871 e. The molecule has 0 saturated heterocycles. The van der Waals surface area contributed by atoms with Crippen molar-refractivity contribution < 1.29 is 5.11 Å². The van der Waals surface area contributed by atoms with Gasteiger partial charge in [-0.15, -0.1) is 0 Å². The van der Waals surface area contributed by atoms with E-state index in [0.717, 1.165) is 17.6 Å². The fraction of sp³-hybridized carbons (Fsp3) is 0.182. The predicted molar refractivity (Wildman–Crippen MR) is 89.6 cm³/mol. The Balaban J connectivity index is 2.64. The van der Waals surface area contributed by atoms with Gasteiger partial charge in [0, 0.05) is 12.5 Å². The molecule has 1 aromatic heterocycles. The molecular weight excluding hydrogens is 480 g/mol. The van der Waals surface area contributed by atoms with Gasteiger partial charge in [-0.2, -0.15) is 0 Å². The highest BCUT2D eigenvalue weighted by atomic mass is 127. The molecule has 2 aromatic rings. The van der Waals surface area contributed by atoms with Gasteiger partial charge >= 0.3 is 3.98 Å². The number of hydrogen-bond acceptors (Lipinski definition) is 3. The van der Waals surface area contributed by atoms with E-state index in [1.54, 1.807) is 22.7 Å². The summed E-state index contributed by atoms with van der Waals surface area (Å²) < 4.78 is 5.16. The van der Waals surface area contributed by atoms with E-state index >= 15 is 0 Å². The van der Waals surface area contributed by atoms with Gasteiger partial charge in [-0.05, 0) is 62.9 Å². The average Bonchev–Trinajstić information content (AvgIpc) is 2.72. The summed E-state index contributed by atoms with van der Waals surface area (Å²) in [5, 5.41) is 14.1. The topological polar surface area (TPSA) is 26.1 Å². The van der Waals surface area contributed by atoms with Crippen molar-refractivity contribution >= 4 is 67.9 Å². The van der Waals surface area contributed by atoms with Crippen LogP contribution in [0, 0.1) is 7.14 Å². The molecular formula is C11H9I2NOS2. The van der Waals surface area contributed by atoms with E-state index in [-0.39, 0.29) is 5.75 Å². The maximum atomic E-state index is 12.1. The second kappa shape index (κ2) is 5.54. The van der Waals surface area contributed by atoms with Crippen molar-refractivity contribution in [2.24, 2.45) is 0 Å². The zero-order valence-electron chi connectivity index (χ0n) is 9.16. The minimum absolute atomic E-state index is 0.130. The second-order valence-corrected chi connectivity index (χ2v) is 8.18. The Morgan fingerprint density at radius 1 is 1.24 bits per heavy atom. The lowest BCUT2D eigenvalue weighted by atomic mass is 10.2. The van der Waals surface area contributed by atoms with E-state index in [0.29, 0.717) is 0 Å². The largest absolute Gasteiger partial charge is 0.871 e. The lowest BCUT2D eigenvalue weighted by molar-refractivity contribution is -0.268. The van der Waals surface area contributed by atoms with Crippen molar-refractivity contribution in [3.05, 3.63) is 28.6 Å². The molecule has 0 spiro atoms. The Bertz CT molecular complexity index is 627. The van der Waals surface area contributed by atoms with Crippen LogP contribution in [0.3, 0.4) is 0 Å². The Kier molecular flexibility index (Phi) is 4.48. The van der Waals surface area contributed by atoms with E-state index in [1.165, 1.54) is 3.98 Å². The molecule has 0 N–H and O–H groups in total. The molecule has 0 atom stereocenters. The molecule has 0 amide bonds. The van der Waals surface area contributed by atoms with E-state index in [1.807, 2.05) is 26.2 Å². The molecule has 0 aliphatic rings. The Labute approximate surface area is 135 Å². The van der Waals surface area contributed by atoms with E-state index < -0.39 is 0 Å². The maximum absolute atomic E-state index is 12.1. The smallest absolute Gasteiger partial charge is 0.313 e. The van der Waals surface area contributed by atoms with Gasteiger partial charge in [0.05, 0.1) is 4.88 Å². The van der Waals surface area contributed by atoms with Gasteiger partial charge < -0.3 is 5.11 Å². The number of benzene rings is 1. The lowest BCUT2D eigenvalue weighted by Crippen LogP contribution is -2.14. The van der Waals surface area contributed by atoms with Crippen LogP contribution in [0.5, 0.6) is 5.75 Å². The van der Waals surface area contributed by atoms with Crippen molar-refractivity contribution in [2.75, 3.05) is 14.1 Å². The normalized spacial score (nSPS) is 10.6. The molecule has 0 unspecified atom stereocenters. The summed E-state index contributed by atoms with van der Waals surface area (Å²) in [5.41, 5.74) is 0.815. The Morgan fingerprint density at radius 2 is 1.94 bits per heavy atom. The van der Waals surface area contributed by atoms with Crippen LogP contribution in [0.4, 0.5) is 0 Å². The van der Waals surface area contributed by atoms with Crippen molar-refractivity contribution in [3.63, 3.8) is 0 Å². The minimum atomic E-state index is 0.130. The summed E-state index contributed by atoms with van der Waals surface area (Å²) in [5.74, 6) is 0.130. The summed E-state index contributed by atoms with van der Waals surface area (Å²) >= 11 is 7.69. The van der Waals surface area contributed by atoms with E-state index in [4.69, 9.17) is 0 Å². The third-order valence-electron chi connectivity index (χ3n) is 2.10. The highest BCUT2D eigenvalue weighted by molar-refractivity contribution is 14.1. The van der Waals surface area contributed by atoms with Gasteiger partial charge in [-0.25, -0.2) is 4.58 Å². The molecule has 6 heteroatoms. The summed E-state index contributed by atoms with van der Waals surface area (Å²) in [4.78, 5) is 1.06. The fourth-order valence-corrected chi connectivity index (χ4v) is 5.27. The molecule has 1 aromatic carbocycles. The van der Waals surface area contributed by atoms with Gasteiger partial charge in [0.2, 0.25) is 0 Å². The molecule has 2 rings (SSSR count). The van der Waals surface area contributed by atoms with Crippen LogP contribution in [0.25, 0.3) is 10.4 Å².